The summed E-state index contributed by atoms with van der Waals surface area (Å²) in [5, 5.41) is 8.23. The van der Waals surface area contributed by atoms with E-state index in [-0.39, 0.29) is 12.1 Å². The maximum atomic E-state index is 8.23. The summed E-state index contributed by atoms with van der Waals surface area (Å²) < 4.78 is 9.78. The van der Waals surface area contributed by atoms with E-state index in [1.54, 1.807) is 0 Å². The van der Waals surface area contributed by atoms with Gasteiger partial charge in [-0.25, -0.2) is 0 Å². The largest absolute Gasteiger partial charge is 0.412 e. The van der Waals surface area contributed by atoms with Gasteiger partial charge in [-0.15, -0.1) is 0 Å². The minimum absolute atomic E-state index is 0. The summed E-state index contributed by atoms with van der Waals surface area (Å²) in [6, 6.07) is 0. The summed E-state index contributed by atoms with van der Waals surface area (Å²) in [5.74, 6) is 0. The average Bonchev–Trinajstić information content (AvgIpc) is 2.51. The molecule has 4 nitrogen and oxygen atoms in total. The summed E-state index contributed by atoms with van der Waals surface area (Å²) in [4.78, 5) is 0. The van der Waals surface area contributed by atoms with Crippen molar-refractivity contribution in [3.63, 3.8) is 0 Å². The van der Waals surface area contributed by atoms with Gasteiger partial charge in [0.2, 0.25) is 0 Å². The second kappa shape index (κ2) is 4.69. The lowest BCUT2D eigenvalue weighted by Gasteiger charge is -1.95. The molecule has 0 spiro atoms. The Balaban J connectivity index is 0.000000640. The molecule has 1 heterocycles. The molecule has 0 bridgehead atoms. The minimum atomic E-state index is 0. The highest BCUT2D eigenvalue weighted by molar-refractivity contribution is 4.66. The molecule has 0 aromatic rings. The van der Waals surface area contributed by atoms with E-state index in [0.29, 0.717) is 19.3 Å². The number of epoxide rings is 1. The zero-order valence-corrected chi connectivity index (χ0v) is 5.17. The SMILES string of the molecule is O.OCCOCC1CO1. The van der Waals surface area contributed by atoms with E-state index >= 15 is 0 Å². The molecule has 56 valence electrons. The molecule has 1 fully saturated rings. The predicted octanol–water partition coefficient (Wildman–Crippen LogP) is -1.43. The topological polar surface area (TPSA) is 73.5 Å². The Morgan fingerprint density at radius 1 is 1.67 bits per heavy atom. The molecule has 3 N–H and O–H groups in total. The van der Waals surface area contributed by atoms with Crippen molar-refractivity contribution in [2.75, 3.05) is 26.4 Å². The monoisotopic (exact) mass is 136 g/mol. The van der Waals surface area contributed by atoms with Crippen LogP contribution in [0.5, 0.6) is 0 Å². The van der Waals surface area contributed by atoms with Gasteiger partial charge < -0.3 is 20.1 Å². The fourth-order valence-corrected chi connectivity index (χ4v) is 0.444. The molecule has 1 rings (SSSR count). The van der Waals surface area contributed by atoms with E-state index in [1.807, 2.05) is 0 Å². The second-order valence-corrected chi connectivity index (χ2v) is 1.75. The molecule has 0 amide bonds. The molecule has 1 unspecified atom stereocenters. The summed E-state index contributed by atoms with van der Waals surface area (Å²) in [6.07, 6.45) is 0.321. The van der Waals surface area contributed by atoms with Gasteiger partial charge in [-0.3, -0.25) is 0 Å². The van der Waals surface area contributed by atoms with Gasteiger partial charge in [0.25, 0.3) is 0 Å². The van der Waals surface area contributed by atoms with Crippen LogP contribution >= 0.6 is 0 Å². The first-order chi connectivity index (χ1) is 3.93. The normalized spacial score (nSPS) is 23.0. The van der Waals surface area contributed by atoms with E-state index in [0.717, 1.165) is 6.61 Å². The predicted molar refractivity (Wildman–Crippen MR) is 31.3 cm³/mol. The van der Waals surface area contributed by atoms with Crippen molar-refractivity contribution in [3.05, 3.63) is 0 Å². The lowest BCUT2D eigenvalue weighted by molar-refractivity contribution is 0.0810. The zero-order chi connectivity index (χ0) is 5.82. The highest BCUT2D eigenvalue weighted by Crippen LogP contribution is 2.07. The maximum absolute atomic E-state index is 8.23. The number of ether oxygens (including phenoxy) is 2. The molecule has 0 aliphatic carbocycles. The first kappa shape index (κ1) is 8.84. The van der Waals surface area contributed by atoms with Gasteiger partial charge >= 0.3 is 0 Å². The minimum Gasteiger partial charge on any atom is -0.412 e. The summed E-state index contributed by atoms with van der Waals surface area (Å²) in [6.45, 7) is 2.00. The third kappa shape index (κ3) is 4.35. The average molecular weight is 136 g/mol. The van der Waals surface area contributed by atoms with E-state index < -0.39 is 0 Å². The fourth-order valence-electron chi connectivity index (χ4n) is 0.444. The fraction of sp³-hybridized carbons (Fsp3) is 1.00. The molecule has 4 heteroatoms. The van der Waals surface area contributed by atoms with E-state index in [4.69, 9.17) is 14.6 Å². The van der Waals surface area contributed by atoms with Gasteiger partial charge in [0, 0.05) is 0 Å². The van der Waals surface area contributed by atoms with Crippen LogP contribution in [0.3, 0.4) is 0 Å². The first-order valence-corrected chi connectivity index (χ1v) is 2.73. The molecule has 0 aromatic heterocycles. The Hall–Kier alpha value is -0.160. The molecule has 1 aliphatic heterocycles. The molecular formula is C5H12O4. The molecule has 0 aromatic carbocycles. The Morgan fingerprint density at radius 2 is 2.33 bits per heavy atom. The summed E-state index contributed by atoms with van der Waals surface area (Å²) in [7, 11) is 0. The van der Waals surface area contributed by atoms with E-state index in [1.165, 1.54) is 0 Å². The highest BCUT2D eigenvalue weighted by atomic mass is 16.6. The van der Waals surface area contributed by atoms with Crippen LogP contribution in [0, 0.1) is 0 Å². The van der Waals surface area contributed by atoms with Crippen LogP contribution in [0.25, 0.3) is 0 Å². The molecule has 1 aliphatic rings. The Bertz CT molecular complexity index is 62.0. The van der Waals surface area contributed by atoms with Crippen molar-refractivity contribution < 1.29 is 20.1 Å². The number of aliphatic hydroxyl groups is 1. The number of rotatable bonds is 4. The summed E-state index contributed by atoms with van der Waals surface area (Å²) in [5.41, 5.74) is 0. The Kier molecular flexibility index (Phi) is 4.61. The van der Waals surface area contributed by atoms with Gasteiger partial charge in [0.1, 0.15) is 6.10 Å². The van der Waals surface area contributed by atoms with Crippen LogP contribution in [0.15, 0.2) is 0 Å². The zero-order valence-electron chi connectivity index (χ0n) is 5.17. The number of aliphatic hydroxyl groups excluding tert-OH is 1. The molecule has 1 atom stereocenters. The lowest BCUT2D eigenvalue weighted by Crippen LogP contribution is -2.04. The second-order valence-electron chi connectivity index (χ2n) is 1.75. The van der Waals surface area contributed by atoms with Crippen LogP contribution in [0.2, 0.25) is 0 Å². The molecular weight excluding hydrogens is 124 g/mol. The van der Waals surface area contributed by atoms with Crippen molar-refractivity contribution in [2.24, 2.45) is 0 Å². The standard InChI is InChI=1S/C5H10O3.H2O/c6-1-2-7-3-5-4-8-5;/h5-6H,1-4H2;1H2. The van der Waals surface area contributed by atoms with Crippen LogP contribution in [0.4, 0.5) is 0 Å². The molecule has 0 saturated carbocycles. The summed E-state index contributed by atoms with van der Waals surface area (Å²) >= 11 is 0. The van der Waals surface area contributed by atoms with Gasteiger partial charge in [-0.2, -0.15) is 0 Å². The van der Waals surface area contributed by atoms with Crippen LogP contribution < -0.4 is 0 Å². The van der Waals surface area contributed by atoms with Gasteiger partial charge in [0.15, 0.2) is 0 Å². The van der Waals surface area contributed by atoms with Crippen molar-refractivity contribution in [2.45, 2.75) is 6.10 Å². The third-order valence-corrected chi connectivity index (χ3v) is 0.942. The molecule has 1 saturated heterocycles. The van der Waals surface area contributed by atoms with Crippen LogP contribution in [-0.2, 0) is 9.47 Å². The van der Waals surface area contributed by atoms with Crippen molar-refractivity contribution >= 4 is 0 Å². The van der Waals surface area contributed by atoms with Gasteiger partial charge in [-0.05, 0) is 0 Å². The third-order valence-electron chi connectivity index (χ3n) is 0.942. The quantitative estimate of drug-likeness (QED) is 0.380. The number of hydrogen-bond acceptors (Lipinski definition) is 3. The van der Waals surface area contributed by atoms with Crippen molar-refractivity contribution in [1.29, 1.82) is 0 Å². The van der Waals surface area contributed by atoms with Crippen molar-refractivity contribution in [3.8, 4) is 0 Å². The Labute approximate surface area is 53.7 Å². The number of hydrogen-bond donors (Lipinski definition) is 1. The lowest BCUT2D eigenvalue weighted by atomic mass is 10.5. The van der Waals surface area contributed by atoms with Gasteiger partial charge in [0.05, 0.1) is 26.4 Å². The molecule has 9 heavy (non-hydrogen) atoms. The highest BCUT2D eigenvalue weighted by Gasteiger charge is 2.21. The smallest absolute Gasteiger partial charge is 0.104 e. The van der Waals surface area contributed by atoms with Crippen LogP contribution in [-0.4, -0.2) is 43.1 Å². The van der Waals surface area contributed by atoms with E-state index in [2.05, 4.69) is 0 Å². The van der Waals surface area contributed by atoms with Crippen molar-refractivity contribution in [1.82, 2.24) is 0 Å². The first-order valence-electron chi connectivity index (χ1n) is 2.73. The van der Waals surface area contributed by atoms with Gasteiger partial charge in [-0.1, -0.05) is 0 Å². The van der Waals surface area contributed by atoms with E-state index in [9.17, 15) is 0 Å². The maximum Gasteiger partial charge on any atom is 0.104 e. The Morgan fingerprint density at radius 3 is 2.78 bits per heavy atom. The molecule has 0 radical (unpaired) electrons. The van der Waals surface area contributed by atoms with Crippen LogP contribution in [0.1, 0.15) is 0 Å².